The Hall–Kier alpha value is -2.61. The van der Waals surface area contributed by atoms with Gasteiger partial charge >= 0.3 is 0 Å². The van der Waals surface area contributed by atoms with E-state index in [4.69, 9.17) is 11.0 Å². The highest BCUT2D eigenvalue weighted by Gasteiger charge is 2.06. The van der Waals surface area contributed by atoms with Crippen LogP contribution in [0.4, 0.5) is 10.1 Å². The van der Waals surface area contributed by atoms with E-state index in [2.05, 4.69) is 0 Å². The first-order valence-corrected chi connectivity index (χ1v) is 5.24. The lowest BCUT2D eigenvalue weighted by Crippen LogP contribution is -2.20. The SMILES string of the molecule is N#Cc1ccc(F)cc1Cn1cc(N)ccc1=O. The minimum atomic E-state index is -0.444. The number of nitriles is 1. The van der Waals surface area contributed by atoms with Crippen molar-refractivity contribution in [2.24, 2.45) is 0 Å². The predicted molar refractivity (Wildman–Crippen MR) is 65.3 cm³/mol. The summed E-state index contributed by atoms with van der Waals surface area (Å²) in [6.45, 7) is 0.116. The van der Waals surface area contributed by atoms with Crippen LogP contribution in [-0.2, 0) is 6.54 Å². The van der Waals surface area contributed by atoms with Crippen LogP contribution in [0.3, 0.4) is 0 Å². The van der Waals surface area contributed by atoms with Crippen molar-refractivity contribution in [1.29, 1.82) is 5.26 Å². The average molecular weight is 243 g/mol. The van der Waals surface area contributed by atoms with Crippen molar-refractivity contribution < 1.29 is 4.39 Å². The quantitative estimate of drug-likeness (QED) is 0.868. The monoisotopic (exact) mass is 243 g/mol. The molecule has 0 radical (unpaired) electrons. The minimum absolute atomic E-state index is 0.116. The van der Waals surface area contributed by atoms with Gasteiger partial charge < -0.3 is 10.3 Å². The number of nitrogen functional groups attached to an aromatic ring is 1. The normalized spacial score (nSPS) is 10.0. The topological polar surface area (TPSA) is 71.8 Å². The van der Waals surface area contributed by atoms with Crippen LogP contribution in [0.25, 0.3) is 0 Å². The molecular weight excluding hydrogens is 233 g/mol. The summed E-state index contributed by atoms with van der Waals surface area (Å²) in [5, 5.41) is 8.93. The lowest BCUT2D eigenvalue weighted by Gasteiger charge is -2.08. The van der Waals surface area contributed by atoms with E-state index in [9.17, 15) is 9.18 Å². The molecule has 2 rings (SSSR count). The van der Waals surface area contributed by atoms with Crippen molar-refractivity contribution >= 4 is 5.69 Å². The van der Waals surface area contributed by atoms with Gasteiger partial charge in [0.15, 0.2) is 0 Å². The largest absolute Gasteiger partial charge is 0.398 e. The molecule has 1 aromatic carbocycles. The van der Waals surface area contributed by atoms with E-state index < -0.39 is 5.82 Å². The maximum atomic E-state index is 13.1. The Labute approximate surface area is 103 Å². The van der Waals surface area contributed by atoms with Gasteiger partial charge in [-0.15, -0.1) is 0 Å². The van der Waals surface area contributed by atoms with Gasteiger partial charge in [-0.05, 0) is 29.8 Å². The minimum Gasteiger partial charge on any atom is -0.398 e. The highest BCUT2D eigenvalue weighted by atomic mass is 19.1. The molecule has 0 saturated heterocycles. The summed E-state index contributed by atoms with van der Waals surface area (Å²) in [5.41, 5.74) is 6.55. The first-order chi connectivity index (χ1) is 8.60. The van der Waals surface area contributed by atoms with Crippen LogP contribution in [0.1, 0.15) is 11.1 Å². The summed E-state index contributed by atoms with van der Waals surface area (Å²) < 4.78 is 14.5. The molecule has 2 aromatic rings. The molecule has 0 aliphatic carbocycles. The number of pyridine rings is 1. The Bertz CT molecular complexity index is 685. The van der Waals surface area contributed by atoms with Gasteiger partial charge in [0, 0.05) is 18.0 Å². The summed E-state index contributed by atoms with van der Waals surface area (Å²) in [7, 11) is 0. The van der Waals surface area contributed by atoms with E-state index in [0.717, 1.165) is 0 Å². The Kier molecular flexibility index (Phi) is 3.11. The molecule has 0 atom stereocenters. The Balaban J connectivity index is 2.46. The van der Waals surface area contributed by atoms with Crippen LogP contribution >= 0.6 is 0 Å². The van der Waals surface area contributed by atoms with Gasteiger partial charge in [-0.3, -0.25) is 4.79 Å². The zero-order chi connectivity index (χ0) is 13.1. The summed E-state index contributed by atoms with van der Waals surface area (Å²) in [5.74, 6) is -0.444. The van der Waals surface area contributed by atoms with Crippen LogP contribution in [0, 0.1) is 17.1 Å². The summed E-state index contributed by atoms with van der Waals surface area (Å²) in [4.78, 5) is 11.6. The van der Waals surface area contributed by atoms with Gasteiger partial charge in [0.1, 0.15) is 5.82 Å². The second-order valence-electron chi connectivity index (χ2n) is 3.84. The molecule has 0 fully saturated rings. The van der Waals surface area contributed by atoms with Crippen molar-refractivity contribution in [3.63, 3.8) is 0 Å². The van der Waals surface area contributed by atoms with Gasteiger partial charge in [-0.1, -0.05) is 0 Å². The Morgan fingerprint density at radius 1 is 1.33 bits per heavy atom. The maximum absolute atomic E-state index is 13.1. The maximum Gasteiger partial charge on any atom is 0.250 e. The van der Waals surface area contributed by atoms with Crippen molar-refractivity contribution in [3.05, 3.63) is 63.8 Å². The predicted octanol–water partition coefficient (Wildman–Crippen LogP) is 1.49. The van der Waals surface area contributed by atoms with E-state index in [1.807, 2.05) is 6.07 Å². The molecule has 0 aliphatic rings. The lowest BCUT2D eigenvalue weighted by atomic mass is 10.1. The van der Waals surface area contributed by atoms with Crippen molar-refractivity contribution in [2.45, 2.75) is 6.54 Å². The molecule has 0 saturated carbocycles. The number of anilines is 1. The number of benzene rings is 1. The van der Waals surface area contributed by atoms with Gasteiger partial charge in [0.2, 0.25) is 0 Å². The van der Waals surface area contributed by atoms with Gasteiger partial charge in [0.05, 0.1) is 18.2 Å². The Morgan fingerprint density at radius 2 is 2.11 bits per heavy atom. The molecule has 2 N–H and O–H groups in total. The fourth-order valence-corrected chi connectivity index (χ4v) is 1.66. The van der Waals surface area contributed by atoms with E-state index >= 15 is 0 Å². The van der Waals surface area contributed by atoms with E-state index in [1.54, 1.807) is 0 Å². The van der Waals surface area contributed by atoms with Crippen molar-refractivity contribution in [3.8, 4) is 6.07 Å². The molecule has 90 valence electrons. The molecule has 4 nitrogen and oxygen atoms in total. The summed E-state index contributed by atoms with van der Waals surface area (Å²) in [6, 6.07) is 8.64. The van der Waals surface area contributed by atoms with Crippen LogP contribution in [0.5, 0.6) is 0 Å². The number of hydrogen-bond donors (Lipinski definition) is 1. The molecule has 18 heavy (non-hydrogen) atoms. The Morgan fingerprint density at radius 3 is 2.83 bits per heavy atom. The van der Waals surface area contributed by atoms with Crippen LogP contribution in [0.15, 0.2) is 41.3 Å². The van der Waals surface area contributed by atoms with Crippen molar-refractivity contribution in [2.75, 3.05) is 5.73 Å². The zero-order valence-electron chi connectivity index (χ0n) is 9.43. The molecule has 1 aromatic heterocycles. The first-order valence-electron chi connectivity index (χ1n) is 5.24. The molecule has 1 heterocycles. The standard InChI is InChI=1S/C13H10FN3O/c14-11-2-1-9(6-15)10(5-11)7-17-8-12(16)3-4-13(17)18/h1-5,8H,7,16H2. The third-order valence-corrected chi connectivity index (χ3v) is 2.53. The number of nitrogens with zero attached hydrogens (tertiary/aromatic N) is 2. The van der Waals surface area contributed by atoms with E-state index in [-0.39, 0.29) is 12.1 Å². The number of halogens is 1. The van der Waals surface area contributed by atoms with Crippen LogP contribution in [0.2, 0.25) is 0 Å². The van der Waals surface area contributed by atoms with Crippen molar-refractivity contribution in [1.82, 2.24) is 4.57 Å². The summed E-state index contributed by atoms with van der Waals surface area (Å²) in [6.07, 6.45) is 1.47. The summed E-state index contributed by atoms with van der Waals surface area (Å²) >= 11 is 0. The fourth-order valence-electron chi connectivity index (χ4n) is 1.66. The molecule has 0 amide bonds. The van der Waals surface area contributed by atoms with Gasteiger partial charge in [0.25, 0.3) is 5.56 Å². The second kappa shape index (κ2) is 4.72. The zero-order valence-corrected chi connectivity index (χ0v) is 9.43. The van der Waals surface area contributed by atoms with E-state index in [1.165, 1.54) is 41.1 Å². The van der Waals surface area contributed by atoms with Crippen LogP contribution < -0.4 is 11.3 Å². The number of nitrogens with two attached hydrogens (primary N) is 1. The molecular formula is C13H10FN3O. The fraction of sp³-hybridized carbons (Fsp3) is 0.0769. The molecule has 0 unspecified atom stereocenters. The number of aromatic nitrogens is 1. The highest BCUT2D eigenvalue weighted by Crippen LogP contribution is 2.12. The first kappa shape index (κ1) is 11.9. The lowest BCUT2D eigenvalue weighted by molar-refractivity contribution is 0.622. The third kappa shape index (κ3) is 2.38. The molecule has 5 heteroatoms. The number of rotatable bonds is 2. The highest BCUT2D eigenvalue weighted by molar-refractivity contribution is 5.39. The second-order valence-corrected chi connectivity index (χ2v) is 3.84. The van der Waals surface area contributed by atoms with E-state index in [0.29, 0.717) is 16.8 Å². The third-order valence-electron chi connectivity index (χ3n) is 2.53. The average Bonchev–Trinajstić information content (AvgIpc) is 2.34. The molecule has 0 aliphatic heterocycles. The smallest absolute Gasteiger partial charge is 0.250 e. The van der Waals surface area contributed by atoms with Gasteiger partial charge in [-0.25, -0.2) is 4.39 Å². The molecule has 0 bridgehead atoms. The number of hydrogen-bond acceptors (Lipinski definition) is 3. The van der Waals surface area contributed by atoms with Crippen LogP contribution in [-0.4, -0.2) is 4.57 Å². The van der Waals surface area contributed by atoms with Gasteiger partial charge in [-0.2, -0.15) is 5.26 Å². The molecule has 0 spiro atoms.